The quantitative estimate of drug-likeness (QED) is 0.159. The summed E-state index contributed by atoms with van der Waals surface area (Å²) in [4.78, 5) is 64.9. The number of benzene rings is 2. The first-order valence-electron chi connectivity index (χ1n) is 13.6. The number of amides is 5. The van der Waals surface area contributed by atoms with Gasteiger partial charge in [-0.25, -0.2) is 0 Å². The molecule has 1 aliphatic rings. The van der Waals surface area contributed by atoms with Crippen molar-refractivity contribution < 1.29 is 24.0 Å². The molecule has 0 bridgehead atoms. The zero-order valence-electron chi connectivity index (χ0n) is 23.2. The summed E-state index contributed by atoms with van der Waals surface area (Å²) in [5.74, 6) is -1.63. The zero-order chi connectivity index (χ0) is 29.2. The maximum atomic E-state index is 13.2. The number of thiol groups is 1. The van der Waals surface area contributed by atoms with Gasteiger partial charge in [0.25, 0.3) is 11.8 Å². The number of nitrogens with zero attached hydrogens (tertiary/aromatic N) is 1. The molecule has 2 aromatic carbocycles. The molecule has 0 aliphatic carbocycles. The molecule has 0 fully saturated rings. The molecular formula is C30H38N4O5S. The Bertz CT molecular complexity index is 1180. The molecule has 1 heterocycles. The third-order valence-corrected chi connectivity index (χ3v) is 7.28. The van der Waals surface area contributed by atoms with Crippen molar-refractivity contribution in [2.24, 2.45) is 5.92 Å². The second kappa shape index (κ2) is 14.6. The van der Waals surface area contributed by atoms with Crippen LogP contribution in [0.3, 0.4) is 0 Å². The van der Waals surface area contributed by atoms with Gasteiger partial charge in [-0.15, -0.1) is 0 Å². The highest BCUT2D eigenvalue weighted by molar-refractivity contribution is 7.81. The smallest absolute Gasteiger partial charge is 0.261 e. The lowest BCUT2D eigenvalue weighted by molar-refractivity contribution is -0.132. The Kier molecular flexibility index (Phi) is 11.3. The summed E-state index contributed by atoms with van der Waals surface area (Å²) < 4.78 is 0. The lowest BCUT2D eigenvalue weighted by atomic mass is 10.0. The first-order chi connectivity index (χ1) is 19.1. The van der Waals surface area contributed by atoms with E-state index in [0.717, 1.165) is 5.56 Å². The number of rotatable bonds is 14. The molecule has 3 atom stereocenters. The number of carbonyl (C=O) groups is 5. The fourth-order valence-electron chi connectivity index (χ4n) is 4.66. The van der Waals surface area contributed by atoms with E-state index in [-0.39, 0.29) is 36.1 Å². The van der Waals surface area contributed by atoms with Crippen LogP contribution >= 0.6 is 12.6 Å². The Balaban J connectivity index is 1.52. The Morgan fingerprint density at radius 3 is 1.95 bits per heavy atom. The van der Waals surface area contributed by atoms with Crippen LogP contribution in [0.1, 0.15) is 65.8 Å². The van der Waals surface area contributed by atoms with Crippen molar-refractivity contribution in [1.29, 1.82) is 0 Å². The van der Waals surface area contributed by atoms with Gasteiger partial charge in [-0.05, 0) is 42.9 Å². The summed E-state index contributed by atoms with van der Waals surface area (Å²) in [5, 5.41) is 7.52. The average molecular weight is 567 g/mol. The van der Waals surface area contributed by atoms with Crippen molar-refractivity contribution in [2.75, 3.05) is 13.6 Å². The molecule has 40 heavy (non-hydrogen) atoms. The topological polar surface area (TPSA) is 125 Å². The molecular weight excluding hydrogens is 528 g/mol. The highest BCUT2D eigenvalue weighted by Crippen LogP contribution is 2.23. The van der Waals surface area contributed by atoms with Crippen molar-refractivity contribution in [3.8, 4) is 0 Å². The summed E-state index contributed by atoms with van der Waals surface area (Å²) in [7, 11) is 1.51. The average Bonchev–Trinajstić information content (AvgIpc) is 3.19. The molecule has 0 radical (unpaired) electrons. The maximum absolute atomic E-state index is 13.2. The van der Waals surface area contributed by atoms with Crippen molar-refractivity contribution in [2.45, 2.75) is 63.3 Å². The minimum Gasteiger partial charge on any atom is -0.357 e. The number of unbranched alkanes of at least 4 members (excludes halogenated alkanes) is 1. The Hall–Kier alpha value is -3.66. The lowest BCUT2D eigenvalue weighted by Crippen LogP contribution is -2.55. The minimum atomic E-state index is -0.830. The van der Waals surface area contributed by atoms with Crippen molar-refractivity contribution in [1.82, 2.24) is 20.9 Å². The monoisotopic (exact) mass is 566 g/mol. The predicted octanol–water partition coefficient (Wildman–Crippen LogP) is 2.76. The van der Waals surface area contributed by atoms with Crippen molar-refractivity contribution in [3.63, 3.8) is 0 Å². The van der Waals surface area contributed by atoms with E-state index >= 15 is 0 Å². The van der Waals surface area contributed by atoms with E-state index in [0.29, 0.717) is 43.2 Å². The van der Waals surface area contributed by atoms with E-state index in [9.17, 15) is 24.0 Å². The molecule has 0 saturated carbocycles. The fourth-order valence-corrected chi connectivity index (χ4v) is 4.91. The lowest BCUT2D eigenvalue weighted by Gasteiger charge is -2.25. The fraction of sp³-hybridized carbons (Fsp3) is 0.433. The molecule has 2 aromatic rings. The third kappa shape index (κ3) is 8.17. The molecule has 3 unspecified atom stereocenters. The van der Waals surface area contributed by atoms with Gasteiger partial charge in [0.05, 0.1) is 16.4 Å². The van der Waals surface area contributed by atoms with Gasteiger partial charge in [0.2, 0.25) is 17.7 Å². The van der Waals surface area contributed by atoms with Gasteiger partial charge in [-0.2, -0.15) is 12.6 Å². The van der Waals surface area contributed by atoms with Crippen LogP contribution in [0.25, 0.3) is 0 Å². The minimum absolute atomic E-state index is 0.113. The summed E-state index contributed by atoms with van der Waals surface area (Å²) >= 11 is 4.45. The third-order valence-electron chi connectivity index (χ3n) is 6.79. The van der Waals surface area contributed by atoms with E-state index in [2.05, 4.69) is 28.6 Å². The van der Waals surface area contributed by atoms with Crippen LogP contribution < -0.4 is 16.0 Å². The van der Waals surface area contributed by atoms with Crippen LogP contribution in [0, 0.1) is 5.92 Å². The number of hydrogen-bond acceptors (Lipinski definition) is 6. The van der Waals surface area contributed by atoms with Gasteiger partial charge >= 0.3 is 0 Å². The Morgan fingerprint density at radius 1 is 0.800 bits per heavy atom. The highest BCUT2D eigenvalue weighted by Gasteiger charge is 2.34. The molecule has 3 rings (SSSR count). The van der Waals surface area contributed by atoms with Gasteiger partial charge < -0.3 is 16.0 Å². The molecule has 0 aromatic heterocycles. The van der Waals surface area contributed by atoms with Gasteiger partial charge in [0.1, 0.15) is 12.1 Å². The molecule has 0 spiro atoms. The molecule has 3 N–H and O–H groups in total. The van der Waals surface area contributed by atoms with Crippen LogP contribution in [0.5, 0.6) is 0 Å². The molecule has 0 saturated heterocycles. The normalized spacial score (nSPS) is 14.9. The van der Waals surface area contributed by atoms with E-state index in [1.54, 1.807) is 24.3 Å². The van der Waals surface area contributed by atoms with E-state index in [1.807, 2.05) is 44.2 Å². The molecule has 9 nitrogen and oxygen atoms in total. The number of hydrogen-bond donors (Lipinski definition) is 4. The van der Waals surface area contributed by atoms with Gasteiger partial charge in [0.15, 0.2) is 0 Å². The van der Waals surface area contributed by atoms with E-state index in [4.69, 9.17) is 0 Å². The second-order valence-corrected chi connectivity index (χ2v) is 11.0. The van der Waals surface area contributed by atoms with Crippen LogP contribution in [-0.2, 0) is 20.8 Å². The van der Waals surface area contributed by atoms with Gasteiger partial charge in [0, 0.05) is 20.0 Å². The van der Waals surface area contributed by atoms with Gasteiger partial charge in [-0.1, -0.05) is 62.7 Å². The Morgan fingerprint density at radius 2 is 1.38 bits per heavy atom. The number of nitrogens with one attached hydrogen (secondary N) is 3. The molecule has 10 heteroatoms. The van der Waals surface area contributed by atoms with Crippen LogP contribution in [0.2, 0.25) is 0 Å². The van der Waals surface area contributed by atoms with E-state index < -0.39 is 23.2 Å². The summed E-state index contributed by atoms with van der Waals surface area (Å²) in [6.45, 7) is 4.16. The number of carbonyl (C=O) groups excluding carboxylic acids is 5. The molecule has 5 amide bonds. The van der Waals surface area contributed by atoms with E-state index in [1.165, 1.54) is 11.9 Å². The number of fused-ring (bicyclic) bond motifs is 1. The number of imide groups is 1. The summed E-state index contributed by atoms with van der Waals surface area (Å²) in [6, 6.07) is 14.5. The summed E-state index contributed by atoms with van der Waals surface area (Å²) in [5.41, 5.74) is 1.73. The van der Waals surface area contributed by atoms with Crippen molar-refractivity contribution >= 4 is 42.2 Å². The maximum Gasteiger partial charge on any atom is 0.261 e. The van der Waals surface area contributed by atoms with Crippen molar-refractivity contribution in [3.05, 3.63) is 71.3 Å². The SMILES string of the molecule is CNC(=O)C(Cc1ccccc1)NC(=O)C(CC(C)C)NC(=O)C(S)CCCCN1C(=O)c2ccccc2C1=O. The predicted molar refractivity (Wildman–Crippen MR) is 156 cm³/mol. The number of likely N-dealkylation sites (N-methyl/N-ethyl adjacent to an activating group) is 1. The Labute approximate surface area is 240 Å². The molecule has 214 valence electrons. The van der Waals surface area contributed by atoms with Crippen LogP contribution in [0.4, 0.5) is 0 Å². The van der Waals surface area contributed by atoms with Gasteiger partial charge in [-0.3, -0.25) is 28.9 Å². The standard InChI is InChI=1S/C30H38N4O5S/c1-19(2)17-23(27(36)32-24(26(35)31-3)18-20-11-5-4-6-12-20)33-28(37)25(40)15-9-10-16-34-29(38)21-13-7-8-14-22(21)30(34)39/h4-8,11-14,19,23-25,40H,9-10,15-18H2,1-3H3,(H,31,35)(H,32,36)(H,33,37). The highest BCUT2D eigenvalue weighted by atomic mass is 32.1. The zero-order valence-corrected chi connectivity index (χ0v) is 24.1. The molecule has 1 aliphatic heterocycles. The van der Waals surface area contributed by atoms with Crippen LogP contribution in [-0.4, -0.2) is 65.4 Å². The first kappa shape index (κ1) is 30.9. The summed E-state index contributed by atoms with van der Waals surface area (Å²) in [6.07, 6.45) is 2.20. The van der Waals surface area contributed by atoms with Crippen LogP contribution in [0.15, 0.2) is 54.6 Å². The first-order valence-corrected chi connectivity index (χ1v) is 14.1. The largest absolute Gasteiger partial charge is 0.357 e. The second-order valence-electron chi connectivity index (χ2n) is 10.4.